The van der Waals surface area contributed by atoms with E-state index in [0.29, 0.717) is 15.7 Å². The average molecular weight is 437 g/mol. The normalized spacial score (nSPS) is 14.5. The van der Waals surface area contributed by atoms with Crippen molar-refractivity contribution < 1.29 is 9.59 Å². The fourth-order valence-corrected chi connectivity index (χ4v) is 4.25. The van der Waals surface area contributed by atoms with Crippen molar-refractivity contribution in [3.05, 3.63) is 52.5 Å². The third kappa shape index (κ3) is 6.16. The highest BCUT2D eigenvalue weighted by Gasteiger charge is 2.21. The fourth-order valence-electron chi connectivity index (χ4n) is 3.19. The predicted octanol–water partition coefficient (Wildman–Crippen LogP) is 6.24. The van der Waals surface area contributed by atoms with Crippen LogP contribution >= 0.6 is 35.0 Å². The van der Waals surface area contributed by atoms with Crippen LogP contribution in [0.1, 0.15) is 32.1 Å². The highest BCUT2D eigenvalue weighted by Crippen LogP contribution is 2.27. The van der Waals surface area contributed by atoms with Crippen molar-refractivity contribution in [2.45, 2.75) is 37.0 Å². The standard InChI is InChI=1S/C21H22Cl2N2O2S/c22-18-10-9-16(12-19(18)23)24-20(26)13-28-17-8-4-7-15(11-17)25-21(27)14-5-2-1-3-6-14/h4,7-12,14H,1-3,5-6,13H2,(H,24,26)(H,25,27). The zero-order chi connectivity index (χ0) is 19.9. The number of carbonyl (C=O) groups excluding carboxylic acids is 2. The van der Waals surface area contributed by atoms with Crippen LogP contribution in [0.5, 0.6) is 0 Å². The highest BCUT2D eigenvalue weighted by molar-refractivity contribution is 8.00. The van der Waals surface area contributed by atoms with Gasteiger partial charge in [0, 0.05) is 22.2 Å². The van der Waals surface area contributed by atoms with Crippen molar-refractivity contribution in [2.24, 2.45) is 5.92 Å². The van der Waals surface area contributed by atoms with Crippen molar-refractivity contribution >= 4 is 58.2 Å². The Labute approximate surface area is 179 Å². The molecule has 1 saturated carbocycles. The SMILES string of the molecule is O=C(CSc1cccc(NC(=O)C2CCCCC2)c1)Nc1ccc(Cl)c(Cl)c1. The number of nitrogens with one attached hydrogen (secondary N) is 2. The van der Waals surface area contributed by atoms with Gasteiger partial charge in [-0.25, -0.2) is 0 Å². The predicted molar refractivity (Wildman–Crippen MR) is 117 cm³/mol. The zero-order valence-electron chi connectivity index (χ0n) is 15.3. The molecule has 1 aliphatic rings. The molecule has 2 amide bonds. The Hall–Kier alpha value is -1.69. The second-order valence-corrected chi connectivity index (χ2v) is 8.68. The minimum Gasteiger partial charge on any atom is -0.326 e. The van der Waals surface area contributed by atoms with Crippen molar-refractivity contribution in [2.75, 3.05) is 16.4 Å². The van der Waals surface area contributed by atoms with Crippen molar-refractivity contribution in [1.29, 1.82) is 0 Å². The largest absolute Gasteiger partial charge is 0.326 e. The molecule has 1 aliphatic carbocycles. The van der Waals surface area contributed by atoms with E-state index >= 15 is 0 Å². The van der Waals surface area contributed by atoms with Crippen LogP contribution in [0.25, 0.3) is 0 Å². The number of hydrogen-bond donors (Lipinski definition) is 2. The lowest BCUT2D eigenvalue weighted by Gasteiger charge is -2.20. The number of anilines is 2. The second-order valence-electron chi connectivity index (χ2n) is 6.82. The molecular formula is C21H22Cl2N2O2S. The van der Waals surface area contributed by atoms with Crippen LogP contribution in [0.15, 0.2) is 47.4 Å². The number of carbonyl (C=O) groups is 2. The summed E-state index contributed by atoms with van der Waals surface area (Å²) in [6.07, 6.45) is 5.41. The molecular weight excluding hydrogens is 415 g/mol. The van der Waals surface area contributed by atoms with E-state index in [4.69, 9.17) is 23.2 Å². The van der Waals surface area contributed by atoms with Gasteiger partial charge in [0.15, 0.2) is 0 Å². The molecule has 0 saturated heterocycles. The van der Waals surface area contributed by atoms with Gasteiger partial charge in [-0.3, -0.25) is 9.59 Å². The molecule has 2 aromatic carbocycles. The minimum absolute atomic E-state index is 0.0965. The number of rotatable bonds is 6. The molecule has 3 rings (SSSR count). The van der Waals surface area contributed by atoms with Gasteiger partial charge in [-0.15, -0.1) is 11.8 Å². The second kappa shape index (κ2) is 10.2. The average Bonchev–Trinajstić information content (AvgIpc) is 2.70. The van der Waals surface area contributed by atoms with E-state index in [2.05, 4.69) is 10.6 Å². The van der Waals surface area contributed by atoms with Crippen LogP contribution < -0.4 is 10.6 Å². The minimum atomic E-state index is -0.139. The summed E-state index contributed by atoms with van der Waals surface area (Å²) in [5.74, 6) is 0.321. The summed E-state index contributed by atoms with van der Waals surface area (Å²) in [6, 6.07) is 12.6. The van der Waals surface area contributed by atoms with Crippen LogP contribution in [0.2, 0.25) is 10.0 Å². The molecule has 0 spiro atoms. The van der Waals surface area contributed by atoms with Gasteiger partial charge in [0.05, 0.1) is 15.8 Å². The van der Waals surface area contributed by atoms with Gasteiger partial charge in [-0.1, -0.05) is 48.5 Å². The summed E-state index contributed by atoms with van der Waals surface area (Å²) >= 11 is 13.3. The Bertz CT molecular complexity index is 854. The van der Waals surface area contributed by atoms with Crippen molar-refractivity contribution in [3.8, 4) is 0 Å². The molecule has 0 bridgehead atoms. The van der Waals surface area contributed by atoms with Gasteiger partial charge >= 0.3 is 0 Å². The summed E-state index contributed by atoms with van der Waals surface area (Å²) in [4.78, 5) is 25.5. The maximum Gasteiger partial charge on any atom is 0.234 e. The number of halogens is 2. The Kier molecular flexibility index (Phi) is 7.65. The summed E-state index contributed by atoms with van der Waals surface area (Å²) in [7, 11) is 0. The first-order valence-electron chi connectivity index (χ1n) is 9.30. The number of benzene rings is 2. The van der Waals surface area contributed by atoms with Crippen LogP contribution in [0.4, 0.5) is 11.4 Å². The van der Waals surface area contributed by atoms with E-state index in [0.717, 1.165) is 36.3 Å². The maximum absolute atomic E-state index is 12.4. The molecule has 0 radical (unpaired) electrons. The Morgan fingerprint density at radius 2 is 1.68 bits per heavy atom. The van der Waals surface area contributed by atoms with Crippen LogP contribution in [-0.2, 0) is 9.59 Å². The molecule has 0 unspecified atom stereocenters. The first-order chi connectivity index (χ1) is 13.5. The number of hydrogen-bond acceptors (Lipinski definition) is 3. The Morgan fingerprint density at radius 1 is 0.929 bits per heavy atom. The molecule has 2 aromatic rings. The number of thioether (sulfide) groups is 1. The van der Waals surface area contributed by atoms with Crippen LogP contribution in [0.3, 0.4) is 0 Å². The highest BCUT2D eigenvalue weighted by atomic mass is 35.5. The quantitative estimate of drug-likeness (QED) is 0.526. The first kappa shape index (κ1) is 21.0. The molecule has 148 valence electrons. The van der Waals surface area contributed by atoms with Gasteiger partial charge in [0.2, 0.25) is 11.8 Å². The van der Waals surface area contributed by atoms with Gasteiger partial charge in [0.25, 0.3) is 0 Å². The third-order valence-corrected chi connectivity index (χ3v) is 6.38. The molecule has 4 nitrogen and oxygen atoms in total. The molecule has 7 heteroatoms. The summed E-state index contributed by atoms with van der Waals surface area (Å²) in [5, 5.41) is 6.65. The van der Waals surface area contributed by atoms with Gasteiger partial charge in [0.1, 0.15) is 0 Å². The molecule has 0 heterocycles. The molecule has 0 aromatic heterocycles. The van der Waals surface area contributed by atoms with E-state index < -0.39 is 0 Å². The summed E-state index contributed by atoms with van der Waals surface area (Å²) in [5.41, 5.74) is 1.37. The van der Waals surface area contributed by atoms with Gasteiger partial charge in [-0.05, 0) is 49.2 Å². The molecule has 1 fully saturated rings. The third-order valence-electron chi connectivity index (χ3n) is 4.65. The van der Waals surface area contributed by atoms with E-state index in [1.807, 2.05) is 24.3 Å². The monoisotopic (exact) mass is 436 g/mol. The van der Waals surface area contributed by atoms with Crippen LogP contribution in [-0.4, -0.2) is 17.6 Å². The lowest BCUT2D eigenvalue weighted by Crippen LogP contribution is -2.24. The number of amides is 2. The molecule has 0 atom stereocenters. The smallest absolute Gasteiger partial charge is 0.234 e. The van der Waals surface area contributed by atoms with Gasteiger partial charge in [-0.2, -0.15) is 0 Å². The van der Waals surface area contributed by atoms with Crippen LogP contribution in [0, 0.1) is 5.92 Å². The fraction of sp³-hybridized carbons (Fsp3) is 0.333. The molecule has 0 aliphatic heterocycles. The maximum atomic E-state index is 12.4. The Balaban J connectivity index is 1.51. The lowest BCUT2D eigenvalue weighted by atomic mass is 9.88. The molecule has 28 heavy (non-hydrogen) atoms. The van der Waals surface area contributed by atoms with E-state index in [-0.39, 0.29) is 23.5 Å². The Morgan fingerprint density at radius 3 is 2.43 bits per heavy atom. The zero-order valence-corrected chi connectivity index (χ0v) is 17.7. The first-order valence-corrected chi connectivity index (χ1v) is 11.0. The van der Waals surface area contributed by atoms with E-state index in [1.165, 1.54) is 18.2 Å². The summed E-state index contributed by atoms with van der Waals surface area (Å²) < 4.78 is 0. The lowest BCUT2D eigenvalue weighted by molar-refractivity contribution is -0.120. The van der Waals surface area contributed by atoms with Crippen molar-refractivity contribution in [3.63, 3.8) is 0 Å². The van der Waals surface area contributed by atoms with E-state index in [9.17, 15) is 9.59 Å². The summed E-state index contributed by atoms with van der Waals surface area (Å²) in [6.45, 7) is 0. The van der Waals surface area contributed by atoms with E-state index in [1.54, 1.807) is 18.2 Å². The van der Waals surface area contributed by atoms with Gasteiger partial charge < -0.3 is 10.6 Å². The molecule has 2 N–H and O–H groups in total. The van der Waals surface area contributed by atoms with Crippen molar-refractivity contribution in [1.82, 2.24) is 0 Å². The topological polar surface area (TPSA) is 58.2 Å².